The number of rotatable bonds is 1. The lowest BCUT2D eigenvalue weighted by molar-refractivity contribution is -0.297. The molecule has 1 N–H and O–H groups in total. The summed E-state index contributed by atoms with van der Waals surface area (Å²) < 4.78 is 18.2. The predicted octanol–water partition coefficient (Wildman–Crippen LogP) is 2.68. The number of nitrogens with zero attached hydrogens (tertiary/aromatic N) is 1. The van der Waals surface area contributed by atoms with Crippen LogP contribution in [0.1, 0.15) is 41.0 Å². The Hall–Kier alpha value is -1.70. The van der Waals surface area contributed by atoms with Gasteiger partial charge in [-0.15, -0.1) is 0 Å². The second kappa shape index (κ2) is 5.68. The van der Waals surface area contributed by atoms with E-state index >= 15 is 0 Å². The van der Waals surface area contributed by atoms with Crippen molar-refractivity contribution in [1.29, 1.82) is 0 Å². The van der Waals surface area contributed by atoms with Gasteiger partial charge in [-0.3, -0.25) is 4.79 Å². The molecule has 5 aliphatic carbocycles. The topological polar surface area (TPSA) is 85.3 Å². The van der Waals surface area contributed by atoms with E-state index in [4.69, 9.17) is 14.2 Å². The molecular weight excluding hydrogens is 410 g/mol. The van der Waals surface area contributed by atoms with Gasteiger partial charge >= 0.3 is 6.09 Å². The Bertz CT molecular complexity index is 1020. The maximum atomic E-state index is 14.3. The molecular formula is C25H33NO6. The van der Waals surface area contributed by atoms with Crippen molar-refractivity contribution >= 4 is 11.9 Å². The smallest absolute Gasteiger partial charge is 0.409 e. The first-order valence-electron chi connectivity index (χ1n) is 11.7. The third kappa shape index (κ3) is 2.10. The molecule has 0 aromatic rings. The van der Waals surface area contributed by atoms with Crippen LogP contribution in [0, 0.1) is 34.5 Å². The van der Waals surface area contributed by atoms with Gasteiger partial charge in [0.05, 0.1) is 12.0 Å². The van der Waals surface area contributed by atoms with E-state index in [0.717, 1.165) is 23.1 Å². The van der Waals surface area contributed by atoms with Crippen molar-refractivity contribution in [2.24, 2.45) is 34.5 Å². The van der Waals surface area contributed by atoms with Crippen molar-refractivity contribution in [2.45, 2.75) is 64.6 Å². The number of carbonyl (C=O) groups excluding carboxylic acids is 2. The standard InChI is InChI=1S/C25H33NO6/c1-11-16-15-9-14-17(22(14,2)3)13-8-12-10-30-23(4,5)32-20(12)25(29,24(15,16)18(13)27)19(11)31-21(28)26(6)7/h8,13-15,17,19-20,29H,9-10H2,1-7H3/t13-,14+,15-,17-,19-,20?,24+,25+/m0/s1. The van der Waals surface area contributed by atoms with E-state index in [1.165, 1.54) is 4.90 Å². The summed E-state index contributed by atoms with van der Waals surface area (Å²) in [6, 6.07) is 0. The molecule has 8 atom stereocenters. The summed E-state index contributed by atoms with van der Waals surface area (Å²) in [5.41, 5.74) is -0.0483. The molecule has 0 radical (unpaired) electrons. The lowest BCUT2D eigenvalue weighted by atomic mass is 9.70. The highest BCUT2D eigenvalue weighted by molar-refractivity contribution is 6.02. The van der Waals surface area contributed by atoms with Crippen LogP contribution in [-0.4, -0.2) is 66.2 Å². The number of aliphatic hydroxyl groups is 1. The van der Waals surface area contributed by atoms with E-state index in [0.29, 0.717) is 5.92 Å². The second-order valence-corrected chi connectivity index (χ2v) is 11.9. The van der Waals surface area contributed by atoms with E-state index in [2.05, 4.69) is 13.8 Å². The van der Waals surface area contributed by atoms with E-state index in [1.807, 2.05) is 26.8 Å². The lowest BCUT2D eigenvalue weighted by Gasteiger charge is -2.48. The zero-order valence-corrected chi connectivity index (χ0v) is 19.9. The van der Waals surface area contributed by atoms with E-state index in [1.54, 1.807) is 14.1 Å². The number of hydrogen-bond donors (Lipinski definition) is 1. The monoisotopic (exact) mass is 443 g/mol. The number of Topliss-reactive ketones (excluding diaryl/α,β-unsaturated/α-hetero) is 1. The van der Waals surface area contributed by atoms with Gasteiger partial charge in [-0.1, -0.05) is 19.9 Å². The Morgan fingerprint density at radius 1 is 1.25 bits per heavy atom. The molecule has 1 aliphatic heterocycles. The Morgan fingerprint density at radius 3 is 2.59 bits per heavy atom. The number of ketones is 1. The molecule has 0 aromatic carbocycles. The molecule has 1 spiro atoms. The zero-order valence-electron chi connectivity index (χ0n) is 19.9. The molecule has 0 aromatic heterocycles. The Kier molecular flexibility index (Phi) is 3.70. The molecule has 4 fully saturated rings. The maximum Gasteiger partial charge on any atom is 0.409 e. The van der Waals surface area contributed by atoms with Gasteiger partial charge in [-0.25, -0.2) is 4.79 Å². The average molecular weight is 444 g/mol. The van der Waals surface area contributed by atoms with Crippen LogP contribution in [0.2, 0.25) is 0 Å². The molecule has 6 aliphatic rings. The third-order valence-corrected chi connectivity index (χ3v) is 9.47. The molecule has 1 saturated heterocycles. The number of hydrogen-bond acceptors (Lipinski definition) is 6. The number of fused-ring (bicyclic) bond motifs is 6. The molecule has 174 valence electrons. The van der Waals surface area contributed by atoms with Crippen molar-refractivity contribution in [2.75, 3.05) is 20.7 Å². The predicted molar refractivity (Wildman–Crippen MR) is 114 cm³/mol. The molecule has 1 heterocycles. The van der Waals surface area contributed by atoms with Crippen LogP contribution in [0.15, 0.2) is 22.8 Å². The summed E-state index contributed by atoms with van der Waals surface area (Å²) in [6.07, 6.45) is 0.657. The Morgan fingerprint density at radius 2 is 1.94 bits per heavy atom. The van der Waals surface area contributed by atoms with Crippen molar-refractivity contribution in [3.63, 3.8) is 0 Å². The fraction of sp³-hybridized carbons (Fsp3) is 0.760. The lowest BCUT2D eigenvalue weighted by Crippen LogP contribution is -2.65. The van der Waals surface area contributed by atoms with Gasteiger partial charge in [-0.2, -0.15) is 0 Å². The summed E-state index contributed by atoms with van der Waals surface area (Å²) in [4.78, 5) is 28.3. The molecule has 6 rings (SSSR count). The van der Waals surface area contributed by atoms with Gasteiger partial charge in [0, 0.05) is 25.9 Å². The normalized spacial score (nSPS) is 48.5. The first-order valence-corrected chi connectivity index (χ1v) is 11.7. The zero-order chi connectivity index (χ0) is 23.2. The van der Waals surface area contributed by atoms with Crippen LogP contribution in [0.4, 0.5) is 4.79 Å². The minimum absolute atomic E-state index is 0.0177. The highest BCUT2D eigenvalue weighted by atomic mass is 16.7. The van der Waals surface area contributed by atoms with Gasteiger partial charge < -0.3 is 24.2 Å². The highest BCUT2D eigenvalue weighted by Crippen LogP contribution is 2.82. The number of ether oxygens (including phenoxy) is 3. The molecule has 32 heavy (non-hydrogen) atoms. The van der Waals surface area contributed by atoms with Gasteiger partial charge in [0.2, 0.25) is 0 Å². The summed E-state index contributed by atoms with van der Waals surface area (Å²) in [5.74, 6) is -0.458. The average Bonchev–Trinajstić information content (AvgIpc) is 3.51. The number of allylic oxidation sites excluding steroid dienone is 1. The molecule has 7 nitrogen and oxygen atoms in total. The summed E-state index contributed by atoms with van der Waals surface area (Å²) >= 11 is 0. The van der Waals surface area contributed by atoms with Gasteiger partial charge in [-0.05, 0) is 61.2 Å². The van der Waals surface area contributed by atoms with Crippen LogP contribution in [-0.2, 0) is 19.0 Å². The molecule has 1 unspecified atom stereocenters. The minimum atomic E-state index is -1.68. The number of amides is 1. The molecule has 1 amide bonds. The van der Waals surface area contributed by atoms with Crippen molar-refractivity contribution in [1.82, 2.24) is 4.90 Å². The van der Waals surface area contributed by atoms with Crippen LogP contribution < -0.4 is 0 Å². The van der Waals surface area contributed by atoms with Crippen LogP contribution in [0.5, 0.6) is 0 Å². The van der Waals surface area contributed by atoms with E-state index in [-0.39, 0.29) is 35.6 Å². The van der Waals surface area contributed by atoms with Crippen LogP contribution in [0.3, 0.4) is 0 Å². The Labute approximate surface area is 188 Å². The van der Waals surface area contributed by atoms with Gasteiger partial charge in [0.1, 0.15) is 6.10 Å². The summed E-state index contributed by atoms with van der Waals surface area (Å²) in [6.45, 7) is 10.3. The van der Waals surface area contributed by atoms with Crippen LogP contribution in [0.25, 0.3) is 0 Å². The third-order valence-electron chi connectivity index (χ3n) is 9.47. The fourth-order valence-electron chi connectivity index (χ4n) is 7.95. The largest absolute Gasteiger partial charge is 0.438 e. The second-order valence-electron chi connectivity index (χ2n) is 11.9. The van der Waals surface area contributed by atoms with Gasteiger partial charge in [0.25, 0.3) is 0 Å². The fourth-order valence-corrected chi connectivity index (χ4v) is 7.95. The SMILES string of the molecule is CC1=C2[C@@H]3C[C@@H]4[C@H]([C@@H]5C=C6COC(C)(C)OC6[C@](O)([C@H]1OC(=O)N(C)C)[C@@]23C5=O)C4(C)C. The van der Waals surface area contributed by atoms with Crippen molar-refractivity contribution < 1.29 is 28.9 Å². The summed E-state index contributed by atoms with van der Waals surface area (Å²) in [7, 11) is 3.22. The minimum Gasteiger partial charge on any atom is -0.438 e. The molecule has 3 saturated carbocycles. The quantitative estimate of drug-likeness (QED) is 0.628. The van der Waals surface area contributed by atoms with Crippen molar-refractivity contribution in [3.05, 3.63) is 22.8 Å². The molecule has 7 heteroatoms. The first kappa shape index (κ1) is 20.9. The van der Waals surface area contributed by atoms with E-state index in [9.17, 15) is 14.7 Å². The molecule has 2 bridgehead atoms. The highest BCUT2D eigenvalue weighted by Gasteiger charge is 2.88. The Balaban J connectivity index is 1.56. The van der Waals surface area contributed by atoms with Crippen LogP contribution >= 0.6 is 0 Å². The van der Waals surface area contributed by atoms with Crippen molar-refractivity contribution in [3.8, 4) is 0 Å². The first-order chi connectivity index (χ1) is 14.8. The number of carbonyl (C=O) groups is 2. The maximum absolute atomic E-state index is 14.3. The van der Waals surface area contributed by atoms with Gasteiger partial charge in [0.15, 0.2) is 23.3 Å². The van der Waals surface area contributed by atoms with E-state index < -0.39 is 35.1 Å². The summed E-state index contributed by atoms with van der Waals surface area (Å²) in [5, 5.41) is 12.6.